The minimum absolute atomic E-state index is 0.0287. The van der Waals surface area contributed by atoms with Crippen molar-refractivity contribution in [3.63, 3.8) is 0 Å². The number of sulfonamides is 1. The summed E-state index contributed by atoms with van der Waals surface area (Å²) in [4.78, 5) is -0.106. The standard InChI is InChI=1S/C12H15ClN2O4S/c1-15(7-10(16)8-19-2)20(17,18)12-4-3-9(6-14)5-11(12)13/h3-5,10,16H,7-8H2,1-2H3. The molecule has 0 aliphatic rings. The lowest BCUT2D eigenvalue weighted by molar-refractivity contribution is 0.0554. The number of ether oxygens (including phenoxy) is 1. The number of nitrogens with zero attached hydrogens (tertiary/aromatic N) is 2. The first-order valence-corrected chi connectivity index (χ1v) is 7.47. The Morgan fingerprint density at radius 2 is 2.20 bits per heavy atom. The molecule has 6 nitrogen and oxygen atoms in total. The Kier molecular flexibility index (Phi) is 5.92. The third kappa shape index (κ3) is 3.91. The second-order valence-corrected chi connectivity index (χ2v) is 6.57. The fourth-order valence-corrected chi connectivity index (χ4v) is 3.31. The van der Waals surface area contributed by atoms with Gasteiger partial charge in [-0.15, -0.1) is 0 Å². The number of likely N-dealkylation sites (N-methyl/N-ethyl adjacent to an activating group) is 1. The normalized spacial score (nSPS) is 13.2. The van der Waals surface area contributed by atoms with Gasteiger partial charge in [0.25, 0.3) is 0 Å². The summed E-state index contributed by atoms with van der Waals surface area (Å²) in [5.41, 5.74) is 0.274. The van der Waals surface area contributed by atoms with E-state index in [1.54, 1.807) is 0 Å². The zero-order valence-corrected chi connectivity index (χ0v) is 12.6. The molecule has 8 heteroatoms. The van der Waals surface area contributed by atoms with Gasteiger partial charge >= 0.3 is 0 Å². The molecule has 0 amide bonds. The second-order valence-electron chi connectivity index (χ2n) is 4.15. The van der Waals surface area contributed by atoms with Gasteiger partial charge in [0.2, 0.25) is 10.0 Å². The van der Waals surface area contributed by atoms with Gasteiger partial charge in [0.1, 0.15) is 4.90 Å². The molecule has 0 spiro atoms. The van der Waals surface area contributed by atoms with Crippen LogP contribution in [0.3, 0.4) is 0 Å². The van der Waals surface area contributed by atoms with Gasteiger partial charge in [0.15, 0.2) is 0 Å². The molecule has 1 N–H and O–H groups in total. The van der Waals surface area contributed by atoms with Crippen molar-refractivity contribution in [2.75, 3.05) is 27.3 Å². The minimum atomic E-state index is -3.83. The van der Waals surface area contributed by atoms with Crippen LogP contribution in [0.4, 0.5) is 0 Å². The SMILES string of the molecule is COCC(O)CN(C)S(=O)(=O)c1ccc(C#N)cc1Cl. The molecule has 0 aliphatic heterocycles. The van der Waals surface area contributed by atoms with Crippen LogP contribution in [0.1, 0.15) is 5.56 Å². The van der Waals surface area contributed by atoms with Crippen LogP contribution in [0.5, 0.6) is 0 Å². The number of aliphatic hydroxyl groups is 1. The molecule has 1 rings (SSSR count). The van der Waals surface area contributed by atoms with Gasteiger partial charge in [-0.3, -0.25) is 0 Å². The van der Waals surface area contributed by atoms with Crippen LogP contribution < -0.4 is 0 Å². The molecular formula is C12H15ClN2O4S. The molecule has 0 bridgehead atoms. The monoisotopic (exact) mass is 318 g/mol. The lowest BCUT2D eigenvalue weighted by Gasteiger charge is -2.20. The molecule has 0 radical (unpaired) electrons. The Morgan fingerprint density at radius 1 is 1.55 bits per heavy atom. The van der Waals surface area contributed by atoms with Crippen LogP contribution in [0, 0.1) is 11.3 Å². The predicted molar refractivity (Wildman–Crippen MR) is 73.9 cm³/mol. The first-order chi connectivity index (χ1) is 9.32. The Labute approximate surface area is 123 Å². The van der Waals surface area contributed by atoms with E-state index in [1.165, 1.54) is 32.4 Å². The predicted octanol–water partition coefficient (Wildman–Crippen LogP) is 0.839. The van der Waals surface area contributed by atoms with E-state index in [-0.39, 0.29) is 28.6 Å². The fourth-order valence-electron chi connectivity index (χ4n) is 1.59. The first-order valence-electron chi connectivity index (χ1n) is 5.66. The molecule has 20 heavy (non-hydrogen) atoms. The number of rotatable bonds is 6. The van der Waals surface area contributed by atoms with Gasteiger partial charge in [-0.1, -0.05) is 11.6 Å². The molecule has 1 unspecified atom stereocenters. The largest absolute Gasteiger partial charge is 0.389 e. The van der Waals surface area contributed by atoms with Crippen LogP contribution in [0.2, 0.25) is 5.02 Å². The third-order valence-corrected chi connectivity index (χ3v) is 4.88. The number of aliphatic hydroxyl groups excluding tert-OH is 1. The van der Waals surface area contributed by atoms with Crippen LogP contribution in [-0.4, -0.2) is 51.2 Å². The maximum Gasteiger partial charge on any atom is 0.244 e. The highest BCUT2D eigenvalue weighted by molar-refractivity contribution is 7.89. The summed E-state index contributed by atoms with van der Waals surface area (Å²) in [6, 6.07) is 5.81. The summed E-state index contributed by atoms with van der Waals surface area (Å²) < 4.78 is 30.3. The van der Waals surface area contributed by atoms with Crippen molar-refractivity contribution in [3.8, 4) is 6.07 Å². The van der Waals surface area contributed by atoms with Crippen molar-refractivity contribution in [1.82, 2.24) is 4.31 Å². The summed E-state index contributed by atoms with van der Waals surface area (Å²) in [6.45, 7) is -0.0898. The maximum absolute atomic E-state index is 12.3. The quantitative estimate of drug-likeness (QED) is 0.839. The first kappa shape index (κ1) is 16.9. The lowest BCUT2D eigenvalue weighted by Crippen LogP contribution is -2.36. The number of halogens is 1. The lowest BCUT2D eigenvalue weighted by atomic mass is 10.2. The van der Waals surface area contributed by atoms with Gasteiger partial charge in [-0.2, -0.15) is 9.57 Å². The van der Waals surface area contributed by atoms with E-state index in [0.717, 1.165) is 4.31 Å². The summed E-state index contributed by atoms with van der Waals surface area (Å²) in [6.07, 6.45) is -0.933. The van der Waals surface area contributed by atoms with Gasteiger partial charge in [-0.25, -0.2) is 8.42 Å². The highest BCUT2D eigenvalue weighted by atomic mass is 35.5. The van der Waals surface area contributed by atoms with E-state index in [9.17, 15) is 13.5 Å². The average Bonchev–Trinajstić information content (AvgIpc) is 2.38. The Hall–Kier alpha value is -1.17. The minimum Gasteiger partial charge on any atom is -0.389 e. The molecular weight excluding hydrogens is 304 g/mol. The second kappa shape index (κ2) is 7.02. The highest BCUT2D eigenvalue weighted by Crippen LogP contribution is 2.25. The Bertz CT molecular complexity index is 612. The van der Waals surface area contributed by atoms with E-state index in [0.29, 0.717) is 0 Å². The Morgan fingerprint density at radius 3 is 2.70 bits per heavy atom. The topological polar surface area (TPSA) is 90.6 Å². The summed E-state index contributed by atoms with van der Waals surface area (Å²) >= 11 is 5.89. The van der Waals surface area contributed by atoms with Crippen molar-refractivity contribution < 1.29 is 18.3 Å². The third-order valence-electron chi connectivity index (χ3n) is 2.58. The summed E-state index contributed by atoms with van der Waals surface area (Å²) in [5, 5.41) is 18.3. The zero-order chi connectivity index (χ0) is 15.3. The number of hydrogen-bond acceptors (Lipinski definition) is 5. The van der Waals surface area contributed by atoms with Gasteiger partial charge < -0.3 is 9.84 Å². The van der Waals surface area contributed by atoms with Gasteiger partial charge in [0, 0.05) is 20.7 Å². The van der Waals surface area contributed by atoms with Crippen molar-refractivity contribution >= 4 is 21.6 Å². The molecule has 0 saturated heterocycles. The van der Waals surface area contributed by atoms with E-state index >= 15 is 0 Å². The van der Waals surface area contributed by atoms with Crippen molar-refractivity contribution in [3.05, 3.63) is 28.8 Å². The van der Waals surface area contributed by atoms with Gasteiger partial charge in [-0.05, 0) is 18.2 Å². The van der Waals surface area contributed by atoms with Crippen LogP contribution in [0.15, 0.2) is 23.1 Å². The van der Waals surface area contributed by atoms with Crippen LogP contribution in [-0.2, 0) is 14.8 Å². The van der Waals surface area contributed by atoms with E-state index in [4.69, 9.17) is 21.6 Å². The Balaban J connectivity index is 3.02. The van der Waals surface area contributed by atoms with Crippen LogP contribution >= 0.6 is 11.6 Å². The molecule has 1 atom stereocenters. The molecule has 0 saturated carbocycles. The van der Waals surface area contributed by atoms with Crippen LogP contribution in [0.25, 0.3) is 0 Å². The highest BCUT2D eigenvalue weighted by Gasteiger charge is 2.25. The molecule has 110 valence electrons. The number of methoxy groups -OCH3 is 1. The number of hydrogen-bond donors (Lipinski definition) is 1. The molecule has 0 aliphatic carbocycles. The maximum atomic E-state index is 12.3. The zero-order valence-electron chi connectivity index (χ0n) is 11.1. The van der Waals surface area contributed by atoms with Crippen molar-refractivity contribution in [2.24, 2.45) is 0 Å². The molecule has 1 aromatic rings. The average molecular weight is 319 g/mol. The van der Waals surface area contributed by atoms with Crippen molar-refractivity contribution in [1.29, 1.82) is 5.26 Å². The molecule has 1 aromatic carbocycles. The van der Waals surface area contributed by atoms with Gasteiger partial charge in [0.05, 0.1) is 29.4 Å². The van der Waals surface area contributed by atoms with E-state index < -0.39 is 16.1 Å². The smallest absolute Gasteiger partial charge is 0.244 e. The molecule has 0 aromatic heterocycles. The number of benzene rings is 1. The van der Waals surface area contributed by atoms with E-state index in [1.807, 2.05) is 6.07 Å². The summed E-state index contributed by atoms with van der Waals surface area (Å²) in [7, 11) is -1.08. The number of nitriles is 1. The van der Waals surface area contributed by atoms with E-state index in [2.05, 4.69) is 0 Å². The fraction of sp³-hybridized carbons (Fsp3) is 0.417. The molecule has 0 fully saturated rings. The summed E-state index contributed by atoms with van der Waals surface area (Å²) in [5.74, 6) is 0. The van der Waals surface area contributed by atoms with Crippen molar-refractivity contribution in [2.45, 2.75) is 11.0 Å². The molecule has 0 heterocycles.